The highest BCUT2D eigenvalue weighted by Gasteiger charge is 2.08. The molecule has 0 aromatic heterocycles. The van der Waals surface area contributed by atoms with E-state index in [1.807, 2.05) is 0 Å². The lowest BCUT2D eigenvalue weighted by Crippen LogP contribution is -2.31. The van der Waals surface area contributed by atoms with E-state index < -0.39 is 0 Å². The Kier molecular flexibility index (Phi) is 3.22. The molecule has 1 rings (SSSR count). The minimum atomic E-state index is 0.420. The van der Waals surface area contributed by atoms with E-state index in [2.05, 4.69) is 9.64 Å². The first kappa shape index (κ1) is 7.54. The van der Waals surface area contributed by atoms with Crippen LogP contribution in [0.5, 0.6) is 0 Å². The lowest BCUT2D eigenvalue weighted by atomic mass is 10.1. The maximum absolute atomic E-state index is 9.67. The average molecular weight is 142 g/mol. The van der Waals surface area contributed by atoms with Crippen molar-refractivity contribution in [3.63, 3.8) is 0 Å². The van der Waals surface area contributed by atoms with Gasteiger partial charge in [-0.3, -0.25) is 4.90 Å². The van der Waals surface area contributed by atoms with E-state index in [-0.39, 0.29) is 0 Å². The maximum Gasteiger partial charge on any atom is 0.418 e. The molecule has 0 spiro atoms. The lowest BCUT2D eigenvalue weighted by molar-refractivity contribution is 0.0946. The zero-order chi connectivity index (χ0) is 7.23. The fourth-order valence-electron chi connectivity index (χ4n) is 1.21. The second-order valence-corrected chi connectivity index (χ2v) is 2.54. The number of likely N-dealkylation sites (tertiary alicyclic amines) is 1. The standard InChI is InChI=1S/C7H12NO2/c9-7-10-6-8-4-2-1-3-5-8/h1-6H2. The molecule has 10 heavy (non-hydrogen) atoms. The van der Waals surface area contributed by atoms with Crippen LogP contribution in [0.4, 0.5) is 0 Å². The summed E-state index contributed by atoms with van der Waals surface area (Å²) in [7, 11) is 0. The third-order valence-corrected chi connectivity index (χ3v) is 1.75. The number of hydrogen-bond donors (Lipinski definition) is 0. The van der Waals surface area contributed by atoms with E-state index in [9.17, 15) is 4.79 Å². The lowest BCUT2D eigenvalue weighted by Gasteiger charge is -2.24. The van der Waals surface area contributed by atoms with Crippen molar-refractivity contribution in [2.24, 2.45) is 0 Å². The molecule has 3 heteroatoms. The largest absolute Gasteiger partial charge is 0.441 e. The Labute approximate surface area is 61.0 Å². The number of carbonyl (C=O) groups excluding carboxylic acids is 1. The fraction of sp³-hybridized carbons (Fsp3) is 0.857. The van der Waals surface area contributed by atoms with E-state index in [1.54, 1.807) is 0 Å². The number of nitrogens with zero attached hydrogens (tertiary/aromatic N) is 1. The molecule has 57 valence electrons. The van der Waals surface area contributed by atoms with Gasteiger partial charge in [0.05, 0.1) is 0 Å². The number of hydrogen-bond acceptors (Lipinski definition) is 3. The molecule has 3 nitrogen and oxygen atoms in total. The van der Waals surface area contributed by atoms with E-state index in [1.165, 1.54) is 25.7 Å². The molecular formula is C7H12NO2. The van der Waals surface area contributed by atoms with E-state index >= 15 is 0 Å². The third-order valence-electron chi connectivity index (χ3n) is 1.75. The topological polar surface area (TPSA) is 29.5 Å². The van der Waals surface area contributed by atoms with Crippen LogP contribution in [0.2, 0.25) is 0 Å². The maximum atomic E-state index is 9.67. The van der Waals surface area contributed by atoms with Crippen molar-refractivity contribution in [1.29, 1.82) is 0 Å². The van der Waals surface area contributed by atoms with Crippen molar-refractivity contribution in [3.05, 3.63) is 0 Å². The second-order valence-electron chi connectivity index (χ2n) is 2.54. The molecule has 0 unspecified atom stereocenters. The molecule has 0 aromatic carbocycles. The summed E-state index contributed by atoms with van der Waals surface area (Å²) >= 11 is 0. The van der Waals surface area contributed by atoms with Gasteiger partial charge in [-0.1, -0.05) is 6.42 Å². The Morgan fingerprint density at radius 1 is 1.30 bits per heavy atom. The van der Waals surface area contributed by atoms with Crippen LogP contribution in [0.3, 0.4) is 0 Å². The molecule has 0 atom stereocenters. The number of piperidine rings is 1. The third kappa shape index (κ3) is 2.35. The molecule has 1 fully saturated rings. The summed E-state index contributed by atoms with van der Waals surface area (Å²) in [6, 6.07) is 0. The molecule has 1 heterocycles. The Hall–Kier alpha value is -0.570. The predicted octanol–water partition coefficient (Wildman–Crippen LogP) is 0.514. The van der Waals surface area contributed by atoms with Crippen molar-refractivity contribution in [3.8, 4) is 0 Å². The molecule has 1 aliphatic heterocycles. The van der Waals surface area contributed by atoms with Gasteiger partial charge in [0, 0.05) is 13.1 Å². The van der Waals surface area contributed by atoms with Crippen molar-refractivity contribution < 1.29 is 9.53 Å². The summed E-state index contributed by atoms with van der Waals surface area (Å²) in [6.45, 7) is 3.96. The van der Waals surface area contributed by atoms with Gasteiger partial charge in [-0.05, 0) is 12.8 Å². The molecular weight excluding hydrogens is 130 g/mol. The van der Waals surface area contributed by atoms with Crippen LogP contribution in [0.25, 0.3) is 0 Å². The van der Waals surface area contributed by atoms with Crippen LogP contribution in [0, 0.1) is 0 Å². The average Bonchev–Trinajstić information content (AvgIpc) is 2.03. The summed E-state index contributed by atoms with van der Waals surface area (Å²) in [6.07, 6.45) is 3.76. The van der Waals surface area contributed by atoms with Crippen molar-refractivity contribution in [2.75, 3.05) is 19.8 Å². The van der Waals surface area contributed by atoms with Gasteiger partial charge < -0.3 is 4.74 Å². The van der Waals surface area contributed by atoms with Crippen molar-refractivity contribution in [1.82, 2.24) is 4.90 Å². The Morgan fingerprint density at radius 2 is 2.00 bits per heavy atom. The van der Waals surface area contributed by atoms with Crippen molar-refractivity contribution in [2.45, 2.75) is 19.3 Å². The van der Waals surface area contributed by atoms with Crippen molar-refractivity contribution >= 4 is 6.47 Å². The molecule has 0 amide bonds. The summed E-state index contributed by atoms with van der Waals surface area (Å²) in [5, 5.41) is 0. The van der Waals surface area contributed by atoms with Crippen LogP contribution < -0.4 is 0 Å². The highest BCUT2D eigenvalue weighted by atomic mass is 16.5. The van der Waals surface area contributed by atoms with Gasteiger partial charge in [0.15, 0.2) is 0 Å². The summed E-state index contributed by atoms with van der Waals surface area (Å²) in [4.78, 5) is 11.8. The Morgan fingerprint density at radius 3 is 2.60 bits per heavy atom. The van der Waals surface area contributed by atoms with E-state index in [0.29, 0.717) is 6.73 Å². The van der Waals surface area contributed by atoms with Gasteiger partial charge in [-0.15, -0.1) is 0 Å². The van der Waals surface area contributed by atoms with Gasteiger partial charge >= 0.3 is 6.47 Å². The highest BCUT2D eigenvalue weighted by molar-refractivity contribution is 5.37. The zero-order valence-electron chi connectivity index (χ0n) is 6.01. The van der Waals surface area contributed by atoms with Gasteiger partial charge in [0.2, 0.25) is 0 Å². The van der Waals surface area contributed by atoms with Crippen LogP contribution in [-0.4, -0.2) is 31.2 Å². The molecule has 1 aliphatic rings. The molecule has 0 aliphatic carbocycles. The fourth-order valence-corrected chi connectivity index (χ4v) is 1.21. The SMILES string of the molecule is O=[C]OCN1CCCCC1. The molecule has 0 aromatic rings. The predicted molar refractivity (Wildman–Crippen MR) is 37.1 cm³/mol. The van der Waals surface area contributed by atoms with Crippen LogP contribution in [0.1, 0.15) is 19.3 Å². The summed E-state index contributed by atoms with van der Waals surface area (Å²) in [5.74, 6) is 0. The van der Waals surface area contributed by atoms with E-state index in [4.69, 9.17) is 0 Å². The molecule has 0 N–H and O–H groups in total. The number of rotatable bonds is 3. The minimum Gasteiger partial charge on any atom is -0.441 e. The van der Waals surface area contributed by atoms with Gasteiger partial charge in [-0.2, -0.15) is 0 Å². The molecule has 1 saturated heterocycles. The Bertz CT molecular complexity index is 99.8. The molecule has 0 saturated carbocycles. The van der Waals surface area contributed by atoms with Gasteiger partial charge in [-0.25, -0.2) is 4.79 Å². The van der Waals surface area contributed by atoms with Crippen LogP contribution >= 0.6 is 0 Å². The normalized spacial score (nSPS) is 20.4. The first-order chi connectivity index (χ1) is 4.93. The summed E-state index contributed by atoms with van der Waals surface area (Å²) < 4.78 is 4.49. The van der Waals surface area contributed by atoms with Gasteiger partial charge in [0.1, 0.15) is 6.73 Å². The second kappa shape index (κ2) is 4.28. The first-order valence-electron chi connectivity index (χ1n) is 3.65. The first-order valence-corrected chi connectivity index (χ1v) is 3.65. The molecule has 1 radical (unpaired) electrons. The van der Waals surface area contributed by atoms with Crippen LogP contribution in [-0.2, 0) is 9.53 Å². The molecule has 0 bridgehead atoms. The summed E-state index contributed by atoms with van der Waals surface area (Å²) in [5.41, 5.74) is 0. The van der Waals surface area contributed by atoms with E-state index in [0.717, 1.165) is 13.1 Å². The zero-order valence-corrected chi connectivity index (χ0v) is 6.01. The quantitative estimate of drug-likeness (QED) is 0.575. The van der Waals surface area contributed by atoms with Gasteiger partial charge in [0.25, 0.3) is 0 Å². The number of ether oxygens (including phenoxy) is 1. The monoisotopic (exact) mass is 142 g/mol. The highest BCUT2D eigenvalue weighted by Crippen LogP contribution is 2.07. The minimum absolute atomic E-state index is 0.420. The van der Waals surface area contributed by atoms with Crippen LogP contribution in [0.15, 0.2) is 0 Å². The Balaban J connectivity index is 2.07. The smallest absolute Gasteiger partial charge is 0.418 e.